The molecule has 0 aromatic heterocycles. The van der Waals surface area contributed by atoms with Gasteiger partial charge in [-0.25, -0.2) is 24.2 Å². The minimum Gasteiger partial charge on any atom is -0.623 e. The number of alkyl halides is 1. The van der Waals surface area contributed by atoms with Gasteiger partial charge in [0, 0.05) is 11.1 Å². The van der Waals surface area contributed by atoms with Gasteiger partial charge in [0.2, 0.25) is 6.29 Å². The lowest BCUT2D eigenvalue weighted by Gasteiger charge is -2.16. The van der Waals surface area contributed by atoms with Gasteiger partial charge in [-0.3, -0.25) is 0 Å². The van der Waals surface area contributed by atoms with Crippen LogP contribution < -0.4 is 4.89 Å². The lowest BCUT2D eigenvalue weighted by Crippen LogP contribution is -2.32. The average Bonchev–Trinajstić information content (AvgIpc) is 2.52. The molecule has 0 rings (SSSR count). The SMILES string of the molecule is C=C(C)C(=O)OOC(=O)C(C)=C=[P+]([O-])C(CCl)C(O)OC(=O)C(=C)C. The highest BCUT2D eigenvalue weighted by Gasteiger charge is 2.30. The average molecular weight is 393 g/mol. The van der Waals surface area contributed by atoms with Crippen molar-refractivity contribution in [3.63, 3.8) is 0 Å². The molecule has 0 spiro atoms. The van der Waals surface area contributed by atoms with E-state index >= 15 is 0 Å². The molecular formula is C15H18ClO8P. The Morgan fingerprint density at radius 1 is 1.12 bits per heavy atom. The highest BCUT2D eigenvalue weighted by molar-refractivity contribution is 7.50. The summed E-state index contributed by atoms with van der Waals surface area (Å²) in [5.74, 6) is -3.32. The summed E-state index contributed by atoms with van der Waals surface area (Å²) in [7, 11) is -2.53. The zero-order valence-corrected chi connectivity index (χ0v) is 15.6. The van der Waals surface area contributed by atoms with Crippen LogP contribution in [0.25, 0.3) is 0 Å². The van der Waals surface area contributed by atoms with Gasteiger partial charge >= 0.3 is 17.9 Å². The first-order valence-corrected chi connectivity index (χ1v) is 8.63. The van der Waals surface area contributed by atoms with Crippen LogP contribution in [-0.2, 0) is 28.9 Å². The second-order valence-electron chi connectivity index (χ2n) is 4.88. The van der Waals surface area contributed by atoms with E-state index < -0.39 is 37.6 Å². The van der Waals surface area contributed by atoms with Crippen LogP contribution >= 0.6 is 19.4 Å². The molecule has 0 radical (unpaired) electrons. The van der Waals surface area contributed by atoms with Crippen molar-refractivity contribution in [2.24, 2.45) is 0 Å². The van der Waals surface area contributed by atoms with E-state index in [1.54, 1.807) is 0 Å². The Balaban J connectivity index is 5.17. The van der Waals surface area contributed by atoms with Gasteiger partial charge in [0.15, 0.2) is 5.66 Å². The predicted molar refractivity (Wildman–Crippen MR) is 89.5 cm³/mol. The summed E-state index contributed by atoms with van der Waals surface area (Å²) in [5, 5.41) is 9.79. The van der Waals surface area contributed by atoms with Gasteiger partial charge in [-0.1, -0.05) is 13.2 Å². The van der Waals surface area contributed by atoms with E-state index in [0.717, 1.165) is 0 Å². The Morgan fingerprint density at radius 2 is 1.60 bits per heavy atom. The zero-order valence-electron chi connectivity index (χ0n) is 13.9. The monoisotopic (exact) mass is 392 g/mol. The number of halogens is 1. The molecule has 0 aromatic carbocycles. The second kappa shape index (κ2) is 10.8. The third kappa shape index (κ3) is 8.12. The van der Waals surface area contributed by atoms with Crippen molar-refractivity contribution < 1.29 is 38.9 Å². The number of esters is 1. The van der Waals surface area contributed by atoms with E-state index in [-0.39, 0.29) is 22.6 Å². The van der Waals surface area contributed by atoms with Crippen LogP contribution in [0.5, 0.6) is 0 Å². The molecule has 25 heavy (non-hydrogen) atoms. The number of ether oxygens (including phenoxy) is 1. The van der Waals surface area contributed by atoms with Gasteiger partial charge in [0.1, 0.15) is 13.3 Å². The first-order valence-electron chi connectivity index (χ1n) is 6.77. The first-order chi connectivity index (χ1) is 11.5. The molecule has 0 aliphatic carbocycles. The number of hydrogen-bond acceptors (Lipinski definition) is 8. The standard InChI is InChI=1S/C15H18ClO8P/c1-8(2)12(17)22-15(20)11(6-16)25(21)7-10(5)14(19)24-23-13(18)9(3)4/h11,15,20H,1,3,6H2,2,4-5H3. The highest BCUT2D eigenvalue weighted by Crippen LogP contribution is 2.25. The maximum atomic E-state index is 12.2. The minimum atomic E-state index is -2.53. The summed E-state index contributed by atoms with van der Waals surface area (Å²) in [6.45, 7) is 10.5. The third-order valence-corrected chi connectivity index (χ3v) is 4.63. The van der Waals surface area contributed by atoms with Crippen LogP contribution in [0.3, 0.4) is 0 Å². The van der Waals surface area contributed by atoms with Gasteiger partial charge in [0.25, 0.3) is 0 Å². The van der Waals surface area contributed by atoms with Gasteiger partial charge in [0.05, 0.1) is 11.3 Å². The molecule has 3 unspecified atom stereocenters. The maximum Gasteiger partial charge on any atom is 0.393 e. The zero-order chi connectivity index (χ0) is 19.7. The molecule has 10 heteroatoms. The molecule has 0 saturated heterocycles. The van der Waals surface area contributed by atoms with Gasteiger partial charge in [-0.05, 0) is 20.8 Å². The van der Waals surface area contributed by atoms with Crippen LogP contribution in [0.2, 0.25) is 0 Å². The maximum absolute atomic E-state index is 12.2. The number of carbonyl (C=O) groups is 3. The smallest absolute Gasteiger partial charge is 0.393 e. The van der Waals surface area contributed by atoms with Crippen molar-refractivity contribution in [2.75, 3.05) is 5.88 Å². The van der Waals surface area contributed by atoms with Crippen LogP contribution in [-0.4, -0.2) is 46.3 Å². The van der Waals surface area contributed by atoms with E-state index in [1.165, 1.54) is 20.8 Å². The summed E-state index contributed by atoms with van der Waals surface area (Å²) in [4.78, 5) is 54.6. The van der Waals surface area contributed by atoms with E-state index in [9.17, 15) is 24.4 Å². The van der Waals surface area contributed by atoms with Crippen LogP contribution in [0.15, 0.2) is 29.9 Å². The largest absolute Gasteiger partial charge is 0.623 e. The van der Waals surface area contributed by atoms with Gasteiger partial charge in [-0.2, -0.15) is 0 Å². The van der Waals surface area contributed by atoms with Gasteiger partial charge < -0.3 is 14.7 Å². The van der Waals surface area contributed by atoms with Crippen molar-refractivity contribution in [1.29, 1.82) is 0 Å². The molecule has 8 nitrogen and oxygen atoms in total. The van der Waals surface area contributed by atoms with E-state index in [4.69, 9.17) is 11.6 Å². The van der Waals surface area contributed by atoms with Crippen molar-refractivity contribution in [1.82, 2.24) is 0 Å². The summed E-state index contributed by atoms with van der Waals surface area (Å²) >= 11 is 5.62. The summed E-state index contributed by atoms with van der Waals surface area (Å²) < 4.78 is 4.64. The minimum absolute atomic E-state index is 0.00847. The Bertz CT molecular complexity index is 648. The highest BCUT2D eigenvalue weighted by atomic mass is 35.5. The van der Waals surface area contributed by atoms with Crippen LogP contribution in [0.1, 0.15) is 20.8 Å². The molecule has 0 aliphatic rings. The molecule has 0 aromatic rings. The van der Waals surface area contributed by atoms with Crippen molar-refractivity contribution in [3.8, 4) is 0 Å². The fourth-order valence-electron chi connectivity index (χ4n) is 1.05. The summed E-state index contributed by atoms with van der Waals surface area (Å²) in [5.41, 5.74) is 0.774. The molecule has 0 aliphatic heterocycles. The Morgan fingerprint density at radius 3 is 2.04 bits per heavy atom. The van der Waals surface area contributed by atoms with E-state index in [0.29, 0.717) is 0 Å². The number of rotatable bonds is 7. The predicted octanol–water partition coefficient (Wildman–Crippen LogP) is 0.714. The first kappa shape index (κ1) is 23.1. The van der Waals surface area contributed by atoms with Crippen LogP contribution in [0.4, 0.5) is 0 Å². The van der Waals surface area contributed by atoms with Crippen LogP contribution in [0, 0.1) is 0 Å². The topological polar surface area (TPSA) is 122 Å². The Labute approximate surface area is 150 Å². The molecule has 3 atom stereocenters. The fourth-order valence-corrected chi connectivity index (χ4v) is 2.58. The van der Waals surface area contributed by atoms with E-state index in [1.807, 2.05) is 0 Å². The third-order valence-electron chi connectivity index (χ3n) is 2.49. The van der Waals surface area contributed by atoms with Crippen molar-refractivity contribution in [3.05, 3.63) is 29.9 Å². The second-order valence-corrected chi connectivity index (χ2v) is 6.73. The molecule has 0 amide bonds. The summed E-state index contributed by atoms with van der Waals surface area (Å²) in [6.07, 6.45) is -1.79. The Kier molecular flexibility index (Phi) is 9.98. The quantitative estimate of drug-likeness (QED) is 0.128. The molecule has 1 N–H and O–H groups in total. The molecule has 138 valence electrons. The lowest BCUT2D eigenvalue weighted by atomic mass is 10.3. The van der Waals surface area contributed by atoms with E-state index in [2.05, 4.69) is 33.1 Å². The molecule has 0 fully saturated rings. The lowest BCUT2D eigenvalue weighted by molar-refractivity contribution is -0.252. The number of aliphatic hydroxyl groups excluding tert-OH is 1. The summed E-state index contributed by atoms with van der Waals surface area (Å²) in [6, 6.07) is 0. The number of carbonyl (C=O) groups excluding carboxylic acids is 3. The molecule has 0 heterocycles. The number of hydrogen-bond donors (Lipinski definition) is 1. The molecular weight excluding hydrogens is 375 g/mol. The normalized spacial score (nSPS) is 12.8. The van der Waals surface area contributed by atoms with Gasteiger partial charge in [-0.15, -0.1) is 11.6 Å². The van der Waals surface area contributed by atoms with Crippen molar-refractivity contribution >= 4 is 42.7 Å². The fraction of sp³-hybridized carbons (Fsp3) is 0.400. The van der Waals surface area contributed by atoms with Crippen molar-refractivity contribution in [2.45, 2.75) is 32.7 Å². The molecule has 0 bridgehead atoms. The number of aliphatic hydroxyl groups is 1. The molecule has 0 saturated carbocycles. The Hall–Kier alpha value is -1.95.